The van der Waals surface area contributed by atoms with Crippen LogP contribution in [0, 0.1) is 0 Å². The normalized spacial score (nSPS) is 18.9. The number of fused-ring (bicyclic) bond motifs is 1. The molecular weight excluding hydrogens is 302 g/mol. The summed E-state index contributed by atoms with van der Waals surface area (Å²) in [6.45, 7) is 4.76. The largest absolute Gasteiger partial charge is 0.360 e. The van der Waals surface area contributed by atoms with Crippen LogP contribution < -0.4 is 5.32 Å². The molecule has 2 heterocycles. The minimum absolute atomic E-state index is 0.144. The topological polar surface area (TPSA) is 58.4 Å². The summed E-state index contributed by atoms with van der Waals surface area (Å²) in [6, 6.07) is 10.7. The fraction of sp³-hybridized carbons (Fsp3) is 0.474. The minimum atomic E-state index is -0.144. The van der Waals surface area contributed by atoms with Gasteiger partial charge < -0.3 is 9.84 Å². The fourth-order valence-corrected chi connectivity index (χ4v) is 3.31. The van der Waals surface area contributed by atoms with Crippen LogP contribution >= 0.6 is 0 Å². The van der Waals surface area contributed by atoms with Crippen LogP contribution in [0.5, 0.6) is 0 Å². The highest BCUT2D eigenvalue weighted by atomic mass is 16.5. The van der Waals surface area contributed by atoms with Crippen molar-refractivity contribution in [3.8, 4) is 0 Å². The summed E-state index contributed by atoms with van der Waals surface area (Å²) in [7, 11) is 0. The first-order valence-corrected chi connectivity index (χ1v) is 8.76. The van der Waals surface area contributed by atoms with Crippen molar-refractivity contribution in [2.45, 2.75) is 44.7 Å². The van der Waals surface area contributed by atoms with Crippen molar-refractivity contribution in [3.05, 3.63) is 52.9 Å². The van der Waals surface area contributed by atoms with Gasteiger partial charge in [-0.1, -0.05) is 29.4 Å². The summed E-state index contributed by atoms with van der Waals surface area (Å²) in [6.07, 6.45) is 3.36. The average Bonchev–Trinajstić information content (AvgIpc) is 3.35. The summed E-state index contributed by atoms with van der Waals surface area (Å²) in [5, 5.41) is 6.89. The molecule has 5 nitrogen and oxygen atoms in total. The van der Waals surface area contributed by atoms with Gasteiger partial charge in [0.1, 0.15) is 5.76 Å². The molecule has 1 amide bonds. The van der Waals surface area contributed by atoms with E-state index in [0.29, 0.717) is 18.2 Å². The Hall–Kier alpha value is -2.14. The van der Waals surface area contributed by atoms with Crippen LogP contribution in [0.25, 0.3) is 0 Å². The number of amides is 1. The minimum Gasteiger partial charge on any atom is -0.360 e. The number of nitrogens with one attached hydrogen (secondary N) is 1. The number of hydrogen-bond donors (Lipinski definition) is 1. The molecule has 1 N–H and O–H groups in total. The van der Waals surface area contributed by atoms with Gasteiger partial charge >= 0.3 is 0 Å². The van der Waals surface area contributed by atoms with Gasteiger partial charge in [0.05, 0.1) is 0 Å². The fourth-order valence-electron chi connectivity index (χ4n) is 3.31. The second-order valence-electron chi connectivity index (χ2n) is 6.94. The SMILES string of the molecule is CC(CNC(=O)c1cc(C2CC2)on1)N1CCc2ccccc2C1. The van der Waals surface area contributed by atoms with Crippen LogP contribution in [-0.4, -0.2) is 35.1 Å². The van der Waals surface area contributed by atoms with Gasteiger partial charge in [-0.05, 0) is 37.3 Å². The maximum Gasteiger partial charge on any atom is 0.273 e. The van der Waals surface area contributed by atoms with E-state index in [1.807, 2.05) is 0 Å². The first-order chi connectivity index (χ1) is 11.7. The van der Waals surface area contributed by atoms with Gasteiger partial charge in [0.25, 0.3) is 5.91 Å². The standard InChI is InChI=1S/C19H23N3O2/c1-13(22-9-8-14-4-2-3-5-16(14)12-22)11-20-19(23)17-10-18(24-21-17)15-6-7-15/h2-5,10,13,15H,6-9,11-12H2,1H3,(H,20,23). The van der Waals surface area contributed by atoms with Crippen LogP contribution in [0.4, 0.5) is 0 Å². The van der Waals surface area contributed by atoms with Crippen LogP contribution in [0.15, 0.2) is 34.9 Å². The van der Waals surface area contributed by atoms with Crippen LogP contribution in [-0.2, 0) is 13.0 Å². The smallest absolute Gasteiger partial charge is 0.273 e. The number of aromatic nitrogens is 1. The number of hydrogen-bond acceptors (Lipinski definition) is 4. The number of carbonyl (C=O) groups excluding carboxylic acids is 1. The number of carbonyl (C=O) groups is 1. The lowest BCUT2D eigenvalue weighted by Gasteiger charge is -2.33. The molecule has 1 fully saturated rings. The average molecular weight is 325 g/mol. The summed E-state index contributed by atoms with van der Waals surface area (Å²) in [4.78, 5) is 14.7. The second kappa shape index (κ2) is 6.40. The zero-order valence-corrected chi connectivity index (χ0v) is 14.0. The molecule has 1 aromatic carbocycles. The molecule has 1 unspecified atom stereocenters. The van der Waals surface area contributed by atoms with Gasteiger partial charge in [-0.3, -0.25) is 9.69 Å². The van der Waals surface area contributed by atoms with Crippen molar-refractivity contribution in [1.82, 2.24) is 15.4 Å². The molecular formula is C19H23N3O2. The lowest BCUT2D eigenvalue weighted by Crippen LogP contribution is -2.44. The first-order valence-electron chi connectivity index (χ1n) is 8.76. The van der Waals surface area contributed by atoms with Crippen LogP contribution in [0.3, 0.4) is 0 Å². The van der Waals surface area contributed by atoms with Gasteiger partial charge in [-0.15, -0.1) is 0 Å². The van der Waals surface area contributed by atoms with Gasteiger partial charge in [0, 0.05) is 37.7 Å². The Kier molecular flexibility index (Phi) is 4.10. The molecule has 0 bridgehead atoms. The van der Waals surface area contributed by atoms with E-state index in [1.54, 1.807) is 6.07 Å². The molecule has 1 atom stereocenters. The molecule has 1 aliphatic carbocycles. The molecule has 126 valence electrons. The van der Waals surface area contributed by atoms with E-state index in [1.165, 1.54) is 11.1 Å². The number of rotatable bonds is 5. The second-order valence-corrected chi connectivity index (χ2v) is 6.94. The maximum absolute atomic E-state index is 12.2. The highest BCUT2D eigenvalue weighted by Gasteiger charge is 2.29. The van der Waals surface area contributed by atoms with Crippen molar-refractivity contribution >= 4 is 5.91 Å². The molecule has 0 radical (unpaired) electrons. The van der Waals surface area contributed by atoms with Crippen molar-refractivity contribution in [3.63, 3.8) is 0 Å². The molecule has 0 saturated heterocycles. The van der Waals surface area contributed by atoms with Gasteiger partial charge in [0.15, 0.2) is 5.69 Å². The van der Waals surface area contributed by atoms with E-state index in [4.69, 9.17) is 4.52 Å². The van der Waals surface area contributed by atoms with Crippen LogP contribution in [0.1, 0.15) is 53.1 Å². The van der Waals surface area contributed by atoms with E-state index in [2.05, 4.69) is 46.6 Å². The van der Waals surface area contributed by atoms with Crippen molar-refractivity contribution in [2.24, 2.45) is 0 Å². The Balaban J connectivity index is 1.31. The van der Waals surface area contributed by atoms with Crippen molar-refractivity contribution < 1.29 is 9.32 Å². The number of nitrogens with zero attached hydrogens (tertiary/aromatic N) is 2. The molecule has 1 aliphatic heterocycles. The molecule has 24 heavy (non-hydrogen) atoms. The summed E-state index contributed by atoms with van der Waals surface area (Å²) < 4.78 is 5.25. The quantitative estimate of drug-likeness (QED) is 0.918. The predicted molar refractivity (Wildman–Crippen MR) is 90.8 cm³/mol. The predicted octanol–water partition coefficient (Wildman–Crippen LogP) is 2.73. The summed E-state index contributed by atoms with van der Waals surface area (Å²) >= 11 is 0. The van der Waals surface area contributed by atoms with E-state index < -0.39 is 0 Å². The maximum atomic E-state index is 12.2. The number of benzene rings is 1. The zero-order valence-electron chi connectivity index (χ0n) is 14.0. The van der Waals surface area contributed by atoms with E-state index in [9.17, 15) is 4.79 Å². The molecule has 4 rings (SSSR count). The monoisotopic (exact) mass is 325 g/mol. The van der Waals surface area contributed by atoms with Gasteiger partial charge in [0.2, 0.25) is 0 Å². The third kappa shape index (κ3) is 3.22. The van der Waals surface area contributed by atoms with Crippen molar-refractivity contribution in [1.29, 1.82) is 0 Å². The highest BCUT2D eigenvalue weighted by molar-refractivity contribution is 5.92. The van der Waals surface area contributed by atoms with Crippen LogP contribution in [0.2, 0.25) is 0 Å². The third-order valence-electron chi connectivity index (χ3n) is 5.08. The summed E-state index contributed by atoms with van der Waals surface area (Å²) in [5.41, 5.74) is 3.24. The lowest BCUT2D eigenvalue weighted by molar-refractivity contribution is 0.0923. The summed E-state index contributed by atoms with van der Waals surface area (Å²) in [5.74, 6) is 1.18. The molecule has 5 heteroatoms. The molecule has 0 spiro atoms. The Morgan fingerprint density at radius 3 is 2.96 bits per heavy atom. The Bertz CT molecular complexity index is 736. The molecule has 1 aromatic heterocycles. The van der Waals surface area contributed by atoms with E-state index in [0.717, 1.165) is 38.1 Å². The Morgan fingerprint density at radius 1 is 1.38 bits per heavy atom. The first kappa shape index (κ1) is 15.4. The van der Waals surface area contributed by atoms with Gasteiger partial charge in [-0.2, -0.15) is 0 Å². The van der Waals surface area contributed by atoms with E-state index >= 15 is 0 Å². The third-order valence-corrected chi connectivity index (χ3v) is 5.08. The zero-order chi connectivity index (χ0) is 16.5. The van der Waals surface area contributed by atoms with Crippen molar-refractivity contribution in [2.75, 3.05) is 13.1 Å². The highest BCUT2D eigenvalue weighted by Crippen LogP contribution is 2.40. The lowest BCUT2D eigenvalue weighted by atomic mass is 9.99. The molecule has 2 aliphatic rings. The Labute approximate surface area is 142 Å². The van der Waals surface area contributed by atoms with Gasteiger partial charge in [-0.25, -0.2) is 0 Å². The van der Waals surface area contributed by atoms with E-state index in [-0.39, 0.29) is 11.9 Å². The Morgan fingerprint density at radius 2 is 2.17 bits per heavy atom. The molecule has 2 aromatic rings. The molecule has 1 saturated carbocycles.